The van der Waals surface area contributed by atoms with Crippen LogP contribution in [-0.2, 0) is 9.59 Å². The van der Waals surface area contributed by atoms with Gasteiger partial charge in [0.15, 0.2) is 0 Å². The van der Waals surface area contributed by atoms with Crippen molar-refractivity contribution < 1.29 is 9.59 Å². The molecule has 1 aliphatic rings. The van der Waals surface area contributed by atoms with Crippen molar-refractivity contribution in [1.29, 1.82) is 0 Å². The number of primary amides is 1. The molecule has 1 saturated heterocycles. The predicted molar refractivity (Wildman–Crippen MR) is 68.8 cm³/mol. The topological polar surface area (TPSA) is 63.4 Å². The molecular formula is C11H10BrClN2O2. The van der Waals surface area contributed by atoms with E-state index in [0.717, 1.165) is 4.47 Å². The van der Waals surface area contributed by atoms with Crippen LogP contribution in [0.15, 0.2) is 22.7 Å². The Bertz CT molecular complexity index is 492. The number of nitrogens with two attached hydrogens (primary N) is 1. The van der Waals surface area contributed by atoms with E-state index in [1.165, 1.54) is 0 Å². The van der Waals surface area contributed by atoms with Crippen LogP contribution in [0.5, 0.6) is 0 Å². The number of rotatable bonds is 2. The number of benzene rings is 1. The Labute approximate surface area is 112 Å². The molecule has 1 aromatic rings. The van der Waals surface area contributed by atoms with Crippen LogP contribution in [-0.4, -0.2) is 18.4 Å². The minimum atomic E-state index is -0.439. The number of anilines is 1. The molecule has 1 heterocycles. The van der Waals surface area contributed by atoms with E-state index in [-0.39, 0.29) is 12.3 Å². The summed E-state index contributed by atoms with van der Waals surface area (Å²) >= 11 is 9.18. The number of nitrogens with zero attached hydrogens (tertiary/aromatic N) is 1. The van der Waals surface area contributed by atoms with Crippen LogP contribution in [0, 0.1) is 5.92 Å². The van der Waals surface area contributed by atoms with Gasteiger partial charge in [-0.3, -0.25) is 9.59 Å². The zero-order chi connectivity index (χ0) is 12.6. The lowest BCUT2D eigenvalue weighted by Crippen LogP contribution is -2.28. The largest absolute Gasteiger partial charge is 0.369 e. The van der Waals surface area contributed by atoms with Gasteiger partial charge >= 0.3 is 0 Å². The molecule has 2 rings (SSSR count). The van der Waals surface area contributed by atoms with Crippen molar-refractivity contribution in [3.63, 3.8) is 0 Å². The molecule has 1 fully saturated rings. The maximum atomic E-state index is 11.8. The van der Waals surface area contributed by atoms with Gasteiger partial charge in [-0.1, -0.05) is 11.6 Å². The highest BCUT2D eigenvalue weighted by atomic mass is 79.9. The summed E-state index contributed by atoms with van der Waals surface area (Å²) in [7, 11) is 0. The molecule has 6 heteroatoms. The first-order valence-electron chi connectivity index (χ1n) is 5.04. The lowest BCUT2D eigenvalue weighted by Gasteiger charge is -2.18. The van der Waals surface area contributed by atoms with E-state index < -0.39 is 11.8 Å². The molecule has 0 aliphatic carbocycles. The van der Waals surface area contributed by atoms with Crippen LogP contribution in [0.2, 0.25) is 5.02 Å². The van der Waals surface area contributed by atoms with Crippen molar-refractivity contribution in [3.05, 3.63) is 27.7 Å². The summed E-state index contributed by atoms with van der Waals surface area (Å²) in [4.78, 5) is 24.4. The molecule has 1 unspecified atom stereocenters. The molecule has 0 aromatic heterocycles. The molecule has 0 spiro atoms. The summed E-state index contributed by atoms with van der Waals surface area (Å²) in [6.07, 6.45) is 0.171. The van der Waals surface area contributed by atoms with Crippen molar-refractivity contribution in [3.8, 4) is 0 Å². The van der Waals surface area contributed by atoms with Crippen LogP contribution in [0.1, 0.15) is 6.42 Å². The predicted octanol–water partition coefficient (Wildman–Crippen LogP) is 1.94. The Kier molecular flexibility index (Phi) is 3.40. The lowest BCUT2D eigenvalue weighted by atomic mass is 10.1. The molecule has 0 bridgehead atoms. The average Bonchev–Trinajstić information content (AvgIpc) is 2.61. The van der Waals surface area contributed by atoms with Gasteiger partial charge in [-0.05, 0) is 34.1 Å². The zero-order valence-corrected chi connectivity index (χ0v) is 11.2. The highest BCUT2D eigenvalue weighted by molar-refractivity contribution is 9.10. The third-order valence-electron chi connectivity index (χ3n) is 2.73. The van der Waals surface area contributed by atoms with Crippen LogP contribution in [0.25, 0.3) is 0 Å². The van der Waals surface area contributed by atoms with Crippen molar-refractivity contribution in [2.24, 2.45) is 11.7 Å². The minimum Gasteiger partial charge on any atom is -0.369 e. The summed E-state index contributed by atoms with van der Waals surface area (Å²) < 4.78 is 0.725. The number of carbonyl (C=O) groups excluding carboxylic acids is 2. The van der Waals surface area contributed by atoms with Crippen molar-refractivity contribution in [1.82, 2.24) is 0 Å². The van der Waals surface area contributed by atoms with E-state index in [9.17, 15) is 9.59 Å². The Balaban J connectivity index is 2.29. The number of carbonyl (C=O) groups is 2. The fourth-order valence-corrected chi connectivity index (χ4v) is 2.73. The van der Waals surface area contributed by atoms with Crippen LogP contribution >= 0.6 is 27.5 Å². The minimum absolute atomic E-state index is 0.100. The lowest BCUT2D eigenvalue weighted by molar-refractivity contribution is -0.123. The highest BCUT2D eigenvalue weighted by Gasteiger charge is 2.34. The molecule has 2 amide bonds. The monoisotopic (exact) mass is 316 g/mol. The Hall–Kier alpha value is -1.07. The second-order valence-electron chi connectivity index (χ2n) is 3.90. The van der Waals surface area contributed by atoms with Crippen molar-refractivity contribution in [2.45, 2.75) is 6.42 Å². The molecule has 0 radical (unpaired) electrons. The maximum absolute atomic E-state index is 11.8. The second-order valence-corrected chi connectivity index (χ2v) is 5.19. The fourth-order valence-electron chi connectivity index (χ4n) is 1.83. The van der Waals surface area contributed by atoms with Gasteiger partial charge in [0.25, 0.3) is 0 Å². The van der Waals surface area contributed by atoms with E-state index in [1.54, 1.807) is 23.1 Å². The van der Waals surface area contributed by atoms with E-state index in [1.807, 2.05) is 0 Å². The number of hydrogen-bond acceptors (Lipinski definition) is 2. The number of hydrogen-bond donors (Lipinski definition) is 1. The molecule has 4 nitrogen and oxygen atoms in total. The van der Waals surface area contributed by atoms with Gasteiger partial charge in [0.2, 0.25) is 11.8 Å². The van der Waals surface area contributed by atoms with Crippen molar-refractivity contribution >= 4 is 45.0 Å². The third kappa shape index (κ3) is 2.45. The summed E-state index contributed by atoms with van der Waals surface area (Å²) in [5, 5.41) is 0.582. The highest BCUT2D eigenvalue weighted by Crippen LogP contribution is 2.33. The summed E-state index contributed by atoms with van der Waals surface area (Å²) in [6.45, 7) is 0.328. The van der Waals surface area contributed by atoms with E-state index in [4.69, 9.17) is 17.3 Å². The summed E-state index contributed by atoms with van der Waals surface area (Å²) in [5.74, 6) is -0.951. The smallest absolute Gasteiger partial charge is 0.227 e. The molecule has 90 valence electrons. The molecule has 1 aliphatic heterocycles. The molecular weight excluding hydrogens is 307 g/mol. The summed E-state index contributed by atoms with van der Waals surface area (Å²) in [5.41, 5.74) is 5.92. The van der Waals surface area contributed by atoms with Crippen LogP contribution < -0.4 is 10.6 Å². The molecule has 17 heavy (non-hydrogen) atoms. The summed E-state index contributed by atoms with van der Waals surface area (Å²) in [6, 6.07) is 5.15. The van der Waals surface area contributed by atoms with Gasteiger partial charge in [-0.15, -0.1) is 0 Å². The Morgan fingerprint density at radius 2 is 2.24 bits per heavy atom. The molecule has 1 aromatic carbocycles. The first-order valence-corrected chi connectivity index (χ1v) is 6.21. The average molecular weight is 318 g/mol. The van der Waals surface area contributed by atoms with E-state index in [0.29, 0.717) is 17.3 Å². The standard InChI is InChI=1S/C11H10BrClN2O2/c12-8-4-7(13)1-2-9(8)15-5-6(11(14)17)3-10(15)16/h1-2,4,6H,3,5H2,(H2,14,17). The Morgan fingerprint density at radius 3 is 2.76 bits per heavy atom. The van der Waals surface area contributed by atoms with Gasteiger partial charge in [-0.2, -0.15) is 0 Å². The number of amides is 2. The first kappa shape index (κ1) is 12.4. The fraction of sp³-hybridized carbons (Fsp3) is 0.273. The second kappa shape index (κ2) is 4.66. The quantitative estimate of drug-likeness (QED) is 0.906. The SMILES string of the molecule is NC(=O)C1CC(=O)N(c2ccc(Cl)cc2Br)C1. The zero-order valence-electron chi connectivity index (χ0n) is 8.82. The van der Waals surface area contributed by atoms with Crippen LogP contribution in [0.3, 0.4) is 0 Å². The number of halogens is 2. The first-order chi connectivity index (χ1) is 7.99. The van der Waals surface area contributed by atoms with Gasteiger partial charge in [-0.25, -0.2) is 0 Å². The maximum Gasteiger partial charge on any atom is 0.227 e. The molecule has 1 atom stereocenters. The van der Waals surface area contributed by atoms with Gasteiger partial charge in [0, 0.05) is 22.5 Å². The molecule has 2 N–H and O–H groups in total. The normalized spacial score (nSPS) is 19.8. The van der Waals surface area contributed by atoms with Gasteiger partial charge < -0.3 is 10.6 Å². The van der Waals surface area contributed by atoms with E-state index >= 15 is 0 Å². The van der Waals surface area contributed by atoms with Crippen molar-refractivity contribution in [2.75, 3.05) is 11.4 Å². The third-order valence-corrected chi connectivity index (χ3v) is 3.60. The Morgan fingerprint density at radius 1 is 1.53 bits per heavy atom. The molecule has 0 saturated carbocycles. The van der Waals surface area contributed by atoms with E-state index in [2.05, 4.69) is 15.9 Å². The van der Waals surface area contributed by atoms with Crippen LogP contribution in [0.4, 0.5) is 5.69 Å². The van der Waals surface area contributed by atoms with Gasteiger partial charge in [0.1, 0.15) is 0 Å². The van der Waals surface area contributed by atoms with Gasteiger partial charge in [0.05, 0.1) is 11.6 Å².